The van der Waals surface area contributed by atoms with Gasteiger partial charge < -0.3 is 5.32 Å². The Hall–Kier alpha value is -1.49. The Morgan fingerprint density at radius 1 is 1.11 bits per heavy atom. The molecule has 1 aromatic carbocycles. The number of nitrogens with one attached hydrogen (secondary N) is 1. The van der Waals surface area contributed by atoms with Crippen molar-refractivity contribution in [3.8, 4) is 0 Å². The average molecular weight is 295 g/mol. The van der Waals surface area contributed by atoms with Crippen LogP contribution in [0, 0.1) is 0 Å². The molecular weight excluding hydrogens is 286 g/mol. The maximum Gasteiger partial charge on any atom is 0.296 e. The van der Waals surface area contributed by atoms with E-state index in [0.29, 0.717) is 0 Å². The predicted molar refractivity (Wildman–Crippen MR) is 60.4 cm³/mol. The Bertz CT molecular complexity index is 690. The quantitative estimate of drug-likeness (QED) is 0.674. The van der Waals surface area contributed by atoms with Crippen LogP contribution in [0.2, 0.25) is 0 Å². The van der Waals surface area contributed by atoms with Gasteiger partial charge in [-0.3, -0.25) is 13.9 Å². The number of rotatable bonds is 3. The molecule has 1 amide bonds. The summed E-state index contributed by atoms with van der Waals surface area (Å²) < 4.78 is 61.4. The van der Waals surface area contributed by atoms with Gasteiger partial charge in [0.25, 0.3) is 20.2 Å². The minimum Gasteiger partial charge on any atom is -0.325 e. The lowest BCUT2D eigenvalue weighted by Crippen LogP contribution is -2.12. The highest BCUT2D eigenvalue weighted by Crippen LogP contribution is 2.24. The van der Waals surface area contributed by atoms with Crippen LogP contribution in [0.15, 0.2) is 28.0 Å². The van der Waals surface area contributed by atoms with Gasteiger partial charge in [-0.25, -0.2) is 0 Å². The van der Waals surface area contributed by atoms with Crippen LogP contribution >= 0.6 is 0 Å². The fourth-order valence-electron chi connectivity index (χ4n) is 1.18. The molecule has 0 fully saturated rings. The minimum atomic E-state index is -4.63. The molecule has 18 heavy (non-hydrogen) atoms. The fraction of sp³-hybridized carbons (Fsp3) is 0.125. The summed E-state index contributed by atoms with van der Waals surface area (Å²) in [5.41, 5.74) is -0.444. The van der Waals surface area contributed by atoms with Gasteiger partial charge in [-0.15, -0.1) is 0 Å². The molecule has 0 saturated carbocycles. The van der Waals surface area contributed by atoms with E-state index in [1.807, 2.05) is 5.32 Å². The minimum absolute atomic E-state index is 0.444. The van der Waals surface area contributed by atoms with Crippen LogP contribution in [-0.2, 0) is 25.0 Å². The second-order valence-corrected chi connectivity index (χ2v) is 6.10. The molecule has 0 aromatic heterocycles. The number of hydrogen-bond donors (Lipinski definition) is 3. The highest BCUT2D eigenvalue weighted by atomic mass is 32.2. The third kappa shape index (κ3) is 3.50. The summed E-state index contributed by atoms with van der Waals surface area (Å²) in [5.74, 6) is -0.674. The summed E-state index contributed by atoms with van der Waals surface area (Å²) in [4.78, 5) is 9.57. The van der Waals surface area contributed by atoms with Crippen LogP contribution in [0.5, 0.6) is 0 Å². The van der Waals surface area contributed by atoms with Crippen molar-refractivity contribution in [1.29, 1.82) is 0 Å². The van der Waals surface area contributed by atoms with E-state index in [0.717, 1.165) is 25.1 Å². The van der Waals surface area contributed by atoms with Crippen LogP contribution in [0.25, 0.3) is 0 Å². The van der Waals surface area contributed by atoms with Crippen molar-refractivity contribution in [2.24, 2.45) is 0 Å². The van der Waals surface area contributed by atoms with Crippen molar-refractivity contribution >= 4 is 31.8 Å². The number of benzene rings is 1. The van der Waals surface area contributed by atoms with E-state index >= 15 is 0 Å². The third-order valence-corrected chi connectivity index (χ3v) is 3.60. The second-order valence-electron chi connectivity index (χ2n) is 3.29. The summed E-state index contributed by atoms with van der Waals surface area (Å²) in [7, 11) is -9.18. The van der Waals surface area contributed by atoms with Crippen LogP contribution < -0.4 is 5.32 Å². The topological polar surface area (TPSA) is 138 Å². The lowest BCUT2D eigenvalue weighted by atomic mass is 10.3. The normalized spacial score (nSPS) is 12.2. The van der Waals surface area contributed by atoms with E-state index in [-0.39, 0.29) is 0 Å². The van der Waals surface area contributed by atoms with Gasteiger partial charge in [-0.1, -0.05) is 0 Å². The zero-order chi connectivity index (χ0) is 14.1. The van der Waals surface area contributed by atoms with E-state index in [1.54, 1.807) is 0 Å². The summed E-state index contributed by atoms with van der Waals surface area (Å²) in [5, 5.41) is 2.04. The molecule has 0 atom stereocenters. The van der Waals surface area contributed by atoms with Gasteiger partial charge in [0.1, 0.15) is 4.90 Å². The maximum absolute atomic E-state index is 11.0. The molecule has 0 heterocycles. The molecule has 3 N–H and O–H groups in total. The molecule has 0 aliphatic heterocycles. The zero-order valence-electron chi connectivity index (χ0n) is 8.98. The average Bonchev–Trinajstić information content (AvgIpc) is 2.13. The summed E-state index contributed by atoms with van der Waals surface area (Å²) in [6, 6.07) is 2.26. The summed E-state index contributed by atoms with van der Waals surface area (Å²) in [6.07, 6.45) is 0. The molecule has 100 valence electrons. The number of amides is 1. The number of hydrogen-bond acceptors (Lipinski definition) is 5. The molecule has 1 aromatic rings. The van der Waals surface area contributed by atoms with Gasteiger partial charge >= 0.3 is 0 Å². The van der Waals surface area contributed by atoms with Crippen LogP contribution in [0.3, 0.4) is 0 Å². The zero-order valence-corrected chi connectivity index (χ0v) is 10.6. The summed E-state index contributed by atoms with van der Waals surface area (Å²) in [6.45, 7) is 1.06. The van der Waals surface area contributed by atoms with Gasteiger partial charge in [-0.05, 0) is 18.2 Å². The fourth-order valence-corrected chi connectivity index (χ4v) is 2.32. The lowest BCUT2D eigenvalue weighted by Gasteiger charge is -2.08. The molecule has 0 aliphatic rings. The Morgan fingerprint density at radius 2 is 1.67 bits per heavy atom. The van der Waals surface area contributed by atoms with Gasteiger partial charge in [0.05, 0.1) is 10.6 Å². The molecule has 0 saturated heterocycles. The van der Waals surface area contributed by atoms with Crippen molar-refractivity contribution in [2.75, 3.05) is 5.32 Å². The Morgan fingerprint density at radius 3 is 2.06 bits per heavy atom. The maximum atomic E-state index is 11.0. The Balaban J connectivity index is 3.53. The molecule has 8 nitrogen and oxygen atoms in total. The second kappa shape index (κ2) is 4.65. The highest BCUT2D eigenvalue weighted by molar-refractivity contribution is 7.86. The molecule has 0 spiro atoms. The number of carbonyl (C=O) groups excluding carboxylic acids is 1. The van der Waals surface area contributed by atoms with Crippen molar-refractivity contribution in [3.63, 3.8) is 0 Å². The number of anilines is 1. The van der Waals surface area contributed by atoms with Crippen LogP contribution in [0.1, 0.15) is 6.92 Å². The first kappa shape index (κ1) is 14.6. The van der Waals surface area contributed by atoms with Gasteiger partial charge in [0, 0.05) is 6.92 Å². The molecule has 0 aliphatic carbocycles. The Kier molecular flexibility index (Phi) is 3.76. The van der Waals surface area contributed by atoms with Gasteiger partial charge in [-0.2, -0.15) is 16.8 Å². The van der Waals surface area contributed by atoms with E-state index in [1.165, 1.54) is 0 Å². The third-order valence-electron chi connectivity index (χ3n) is 1.84. The standard InChI is InChI=1S/C8H9NO7S2/c1-5(10)9-7-4-6(17(11,12)13)2-3-8(7)18(14,15)16/h2-4H,1H3,(H,9,10)(H,11,12,13)(H,14,15,16). The SMILES string of the molecule is CC(=O)Nc1cc(S(=O)(=O)O)ccc1S(=O)(=O)O. The molecule has 0 radical (unpaired) electrons. The van der Waals surface area contributed by atoms with E-state index in [4.69, 9.17) is 9.11 Å². The van der Waals surface area contributed by atoms with E-state index in [9.17, 15) is 21.6 Å². The van der Waals surface area contributed by atoms with Crippen molar-refractivity contribution in [3.05, 3.63) is 18.2 Å². The monoisotopic (exact) mass is 295 g/mol. The van der Waals surface area contributed by atoms with Crippen LogP contribution in [0.4, 0.5) is 5.69 Å². The van der Waals surface area contributed by atoms with Crippen molar-refractivity contribution in [2.45, 2.75) is 16.7 Å². The molecule has 0 unspecified atom stereocenters. The van der Waals surface area contributed by atoms with Crippen molar-refractivity contribution in [1.82, 2.24) is 0 Å². The lowest BCUT2D eigenvalue weighted by molar-refractivity contribution is -0.114. The number of carbonyl (C=O) groups is 1. The van der Waals surface area contributed by atoms with Gasteiger partial charge in [0.2, 0.25) is 5.91 Å². The Labute approximate surface area is 103 Å². The molecule has 10 heteroatoms. The van der Waals surface area contributed by atoms with E-state index < -0.39 is 41.6 Å². The molecule has 1 rings (SSSR count). The van der Waals surface area contributed by atoms with E-state index in [2.05, 4.69) is 0 Å². The van der Waals surface area contributed by atoms with Crippen LogP contribution in [-0.4, -0.2) is 31.8 Å². The first-order chi connectivity index (χ1) is 8.01. The first-order valence-corrected chi connectivity index (χ1v) is 7.26. The molecular formula is C8H9NO7S2. The smallest absolute Gasteiger partial charge is 0.296 e. The predicted octanol–water partition coefficient (Wildman–Crippen LogP) is 0.138. The highest BCUT2D eigenvalue weighted by Gasteiger charge is 2.20. The summed E-state index contributed by atoms with van der Waals surface area (Å²) >= 11 is 0. The van der Waals surface area contributed by atoms with Crippen molar-refractivity contribution < 1.29 is 30.7 Å². The largest absolute Gasteiger partial charge is 0.325 e. The van der Waals surface area contributed by atoms with Gasteiger partial charge in [0.15, 0.2) is 0 Å². The first-order valence-electron chi connectivity index (χ1n) is 4.38. The molecule has 0 bridgehead atoms.